The first-order valence-electron chi connectivity index (χ1n) is 11.5. The zero-order chi connectivity index (χ0) is 19.0. The van der Waals surface area contributed by atoms with E-state index in [9.17, 15) is 0 Å². The lowest BCUT2D eigenvalue weighted by atomic mass is 9.90. The van der Waals surface area contributed by atoms with Crippen molar-refractivity contribution in [3.05, 3.63) is 18.7 Å². The summed E-state index contributed by atoms with van der Waals surface area (Å²) < 4.78 is 8.54. The Morgan fingerprint density at radius 3 is 2.48 bits per heavy atom. The van der Waals surface area contributed by atoms with Crippen LogP contribution in [0.5, 0.6) is 0 Å². The van der Waals surface area contributed by atoms with Crippen molar-refractivity contribution in [2.45, 2.75) is 103 Å². The molecule has 0 spiro atoms. The van der Waals surface area contributed by atoms with Crippen LogP contribution in [0, 0.1) is 5.92 Å². The van der Waals surface area contributed by atoms with E-state index >= 15 is 0 Å². The molecule has 0 bridgehead atoms. The molecule has 1 aliphatic carbocycles. The summed E-state index contributed by atoms with van der Waals surface area (Å²) >= 11 is 2.08. The van der Waals surface area contributed by atoms with Crippen LogP contribution < -0.4 is 0 Å². The Bertz CT molecular complexity index is 432. The van der Waals surface area contributed by atoms with E-state index in [1.165, 1.54) is 89.2 Å². The summed E-state index contributed by atoms with van der Waals surface area (Å²) in [6.07, 6.45) is 24.3. The monoisotopic (exact) mass is 394 g/mol. The van der Waals surface area contributed by atoms with Crippen molar-refractivity contribution in [3.8, 4) is 0 Å². The molecule has 0 amide bonds. The van der Waals surface area contributed by atoms with Crippen LogP contribution in [0.4, 0.5) is 0 Å². The Kier molecular flexibility index (Phi) is 13.0. The third kappa shape index (κ3) is 11.2. The number of unbranched alkanes of at least 4 members (excludes halogenated alkanes) is 7. The number of imidazole rings is 1. The van der Waals surface area contributed by atoms with E-state index in [0.29, 0.717) is 6.10 Å². The Labute approximate surface area is 172 Å². The Balaban J connectivity index is 1.55. The van der Waals surface area contributed by atoms with Crippen LogP contribution in [-0.2, 0) is 11.3 Å². The average molecular weight is 395 g/mol. The van der Waals surface area contributed by atoms with Crippen molar-refractivity contribution >= 4 is 11.8 Å². The molecule has 156 valence electrons. The third-order valence-electron chi connectivity index (χ3n) is 5.71. The molecule has 1 aromatic rings. The maximum atomic E-state index is 6.37. The van der Waals surface area contributed by atoms with Gasteiger partial charge < -0.3 is 9.30 Å². The minimum Gasteiger partial charge on any atom is -0.375 e. The number of rotatable bonds is 16. The van der Waals surface area contributed by atoms with Gasteiger partial charge in [-0.15, -0.1) is 0 Å². The van der Waals surface area contributed by atoms with Gasteiger partial charge in [0.05, 0.1) is 19.0 Å². The van der Waals surface area contributed by atoms with Crippen LogP contribution in [0.15, 0.2) is 18.7 Å². The highest BCUT2D eigenvalue weighted by Crippen LogP contribution is 2.24. The molecule has 27 heavy (non-hydrogen) atoms. The molecule has 0 aromatic carbocycles. The molecule has 3 nitrogen and oxygen atoms in total. The molecule has 0 aliphatic heterocycles. The van der Waals surface area contributed by atoms with Crippen LogP contribution >= 0.6 is 11.8 Å². The second kappa shape index (κ2) is 15.4. The van der Waals surface area contributed by atoms with Gasteiger partial charge in [0.25, 0.3) is 0 Å². The molecule has 1 aromatic heterocycles. The summed E-state index contributed by atoms with van der Waals surface area (Å²) in [5.41, 5.74) is 0. The number of aromatic nitrogens is 2. The summed E-state index contributed by atoms with van der Waals surface area (Å²) in [7, 11) is 0. The summed E-state index contributed by atoms with van der Waals surface area (Å²) in [5.74, 6) is 3.19. The molecular formula is C23H42N2OS. The molecule has 1 atom stereocenters. The Morgan fingerprint density at radius 1 is 1.04 bits per heavy atom. The van der Waals surface area contributed by atoms with E-state index < -0.39 is 0 Å². The molecule has 1 saturated carbocycles. The van der Waals surface area contributed by atoms with E-state index in [4.69, 9.17) is 4.74 Å². The predicted molar refractivity (Wildman–Crippen MR) is 118 cm³/mol. The van der Waals surface area contributed by atoms with Gasteiger partial charge in [-0.3, -0.25) is 0 Å². The van der Waals surface area contributed by atoms with Gasteiger partial charge >= 0.3 is 0 Å². The fourth-order valence-electron chi connectivity index (χ4n) is 3.96. The highest BCUT2D eigenvalue weighted by Gasteiger charge is 2.17. The summed E-state index contributed by atoms with van der Waals surface area (Å²) in [6.45, 7) is 4.19. The molecule has 0 N–H and O–H groups in total. The van der Waals surface area contributed by atoms with Crippen molar-refractivity contribution in [2.24, 2.45) is 5.92 Å². The number of ether oxygens (including phenoxy) is 1. The average Bonchev–Trinajstić information content (AvgIpc) is 3.21. The zero-order valence-electron chi connectivity index (χ0n) is 17.6. The third-order valence-corrected chi connectivity index (χ3v) is 6.90. The highest BCUT2D eigenvalue weighted by molar-refractivity contribution is 7.99. The van der Waals surface area contributed by atoms with Crippen LogP contribution in [0.25, 0.3) is 0 Å². The zero-order valence-corrected chi connectivity index (χ0v) is 18.4. The second-order valence-electron chi connectivity index (χ2n) is 8.27. The van der Waals surface area contributed by atoms with Crippen LogP contribution in [0.2, 0.25) is 0 Å². The fourth-order valence-corrected chi connectivity index (χ4v) is 5.00. The summed E-state index contributed by atoms with van der Waals surface area (Å²) in [4.78, 5) is 4.18. The standard InChI is InChI=1S/C23H42N2OS/c1-2-3-4-5-6-7-8-12-17-27-20-23(18-25-16-15-24-21-25)26-19-22-13-10-9-11-14-22/h15-16,21-23H,2-14,17-20H2,1H3. The molecule has 1 fully saturated rings. The first-order valence-corrected chi connectivity index (χ1v) is 12.7. The fraction of sp³-hybridized carbons (Fsp3) is 0.870. The van der Waals surface area contributed by atoms with Crippen molar-refractivity contribution in [3.63, 3.8) is 0 Å². The minimum atomic E-state index is 0.320. The van der Waals surface area contributed by atoms with Crippen molar-refractivity contribution in [1.29, 1.82) is 0 Å². The number of thioether (sulfide) groups is 1. The number of hydrogen-bond acceptors (Lipinski definition) is 3. The number of hydrogen-bond donors (Lipinski definition) is 0. The smallest absolute Gasteiger partial charge is 0.0946 e. The van der Waals surface area contributed by atoms with Gasteiger partial charge in [0.15, 0.2) is 0 Å². The molecule has 1 unspecified atom stereocenters. The van der Waals surface area contributed by atoms with Crippen LogP contribution in [0.1, 0.15) is 90.4 Å². The van der Waals surface area contributed by atoms with Gasteiger partial charge in [-0.05, 0) is 30.9 Å². The molecule has 0 saturated heterocycles. The van der Waals surface area contributed by atoms with E-state index in [-0.39, 0.29) is 0 Å². The largest absolute Gasteiger partial charge is 0.375 e. The minimum absolute atomic E-state index is 0.320. The summed E-state index contributed by atoms with van der Waals surface area (Å²) in [5, 5.41) is 0. The van der Waals surface area contributed by atoms with Gasteiger partial charge in [0.1, 0.15) is 0 Å². The molecule has 0 radical (unpaired) electrons. The lowest BCUT2D eigenvalue weighted by Gasteiger charge is -2.25. The highest BCUT2D eigenvalue weighted by atomic mass is 32.2. The quantitative estimate of drug-likeness (QED) is 0.291. The van der Waals surface area contributed by atoms with Crippen LogP contribution in [0.3, 0.4) is 0 Å². The Hall–Kier alpha value is -0.480. The van der Waals surface area contributed by atoms with E-state index in [0.717, 1.165) is 24.8 Å². The molecular weight excluding hydrogens is 352 g/mol. The van der Waals surface area contributed by atoms with E-state index in [2.05, 4.69) is 34.4 Å². The second-order valence-corrected chi connectivity index (χ2v) is 9.42. The normalized spacial score (nSPS) is 16.6. The van der Waals surface area contributed by atoms with E-state index in [1.807, 2.05) is 12.5 Å². The topological polar surface area (TPSA) is 27.1 Å². The maximum Gasteiger partial charge on any atom is 0.0946 e. The first-order chi connectivity index (χ1) is 13.4. The maximum absolute atomic E-state index is 6.37. The van der Waals surface area contributed by atoms with Gasteiger partial charge in [0, 0.05) is 24.8 Å². The van der Waals surface area contributed by atoms with Gasteiger partial charge in [0.2, 0.25) is 0 Å². The predicted octanol–water partition coefficient (Wildman–Crippen LogP) is 6.72. The molecule has 4 heteroatoms. The lowest BCUT2D eigenvalue weighted by molar-refractivity contribution is 0.0247. The lowest BCUT2D eigenvalue weighted by Crippen LogP contribution is -2.26. The van der Waals surface area contributed by atoms with E-state index in [1.54, 1.807) is 0 Å². The summed E-state index contributed by atoms with van der Waals surface area (Å²) in [6, 6.07) is 0. The van der Waals surface area contributed by atoms with Gasteiger partial charge in [-0.1, -0.05) is 71.1 Å². The van der Waals surface area contributed by atoms with Gasteiger partial charge in [-0.25, -0.2) is 4.98 Å². The van der Waals surface area contributed by atoms with Crippen LogP contribution in [-0.4, -0.2) is 33.8 Å². The molecule has 1 aliphatic rings. The van der Waals surface area contributed by atoms with Crippen molar-refractivity contribution in [2.75, 3.05) is 18.1 Å². The molecule has 2 rings (SSSR count). The molecule has 1 heterocycles. The van der Waals surface area contributed by atoms with Gasteiger partial charge in [-0.2, -0.15) is 11.8 Å². The van der Waals surface area contributed by atoms with Crippen molar-refractivity contribution in [1.82, 2.24) is 9.55 Å². The SMILES string of the molecule is CCCCCCCCCCSCC(Cn1ccnc1)OCC1CCCCC1. The van der Waals surface area contributed by atoms with Crippen molar-refractivity contribution < 1.29 is 4.74 Å². The number of nitrogens with zero attached hydrogens (tertiary/aromatic N) is 2. The Morgan fingerprint density at radius 2 is 1.78 bits per heavy atom. The first kappa shape index (κ1) is 22.8.